The van der Waals surface area contributed by atoms with Crippen LogP contribution in [0.5, 0.6) is 0 Å². The predicted octanol–water partition coefficient (Wildman–Crippen LogP) is -1.16. The van der Waals surface area contributed by atoms with Crippen LogP contribution in [0.15, 0.2) is 0 Å². The molecule has 6 atom stereocenters. The molecule has 0 aromatic carbocycles. The van der Waals surface area contributed by atoms with Crippen molar-refractivity contribution in [3.05, 3.63) is 0 Å². The summed E-state index contributed by atoms with van der Waals surface area (Å²) in [4.78, 5) is 49.3. The summed E-state index contributed by atoms with van der Waals surface area (Å²) in [6, 6.07) is -3.72. The van der Waals surface area contributed by atoms with E-state index >= 15 is 0 Å². The van der Waals surface area contributed by atoms with Crippen molar-refractivity contribution >= 4 is 47.3 Å². The Kier molecular flexibility index (Phi) is 5.14. The minimum atomic E-state index is -1.08. The third-order valence-corrected chi connectivity index (χ3v) is 8.40. The van der Waals surface area contributed by atoms with Crippen molar-refractivity contribution in [1.82, 2.24) is 15.5 Å². The number of nitrogens with one attached hydrogen (secondary N) is 2. The average molecular weight is 433 g/mol. The molecule has 3 fully saturated rings. The maximum absolute atomic E-state index is 12.6. The van der Waals surface area contributed by atoms with Crippen molar-refractivity contribution in [2.45, 2.75) is 72.1 Å². The fourth-order valence-corrected chi connectivity index (χ4v) is 6.93. The molecule has 0 saturated carbocycles. The molecule has 3 rings (SSSR count). The Bertz CT molecular complexity index is 745. The van der Waals surface area contributed by atoms with Gasteiger partial charge in [0.25, 0.3) is 0 Å². The van der Waals surface area contributed by atoms with Crippen LogP contribution in [0.3, 0.4) is 0 Å². The van der Waals surface area contributed by atoms with E-state index < -0.39 is 68.2 Å². The molecule has 3 aliphatic heterocycles. The van der Waals surface area contributed by atoms with Crippen LogP contribution in [-0.2, 0) is 19.2 Å². The zero-order chi connectivity index (χ0) is 21.2. The van der Waals surface area contributed by atoms with Crippen LogP contribution in [0.2, 0.25) is 0 Å². The van der Waals surface area contributed by atoms with Gasteiger partial charge in [-0.3, -0.25) is 19.7 Å². The molecule has 0 bridgehead atoms. The SMILES string of the molecule is CC1(C)S[C@@H]2[C@H](NC(=O)[C@@H](N)[C@@H]3N[C@@H](C(=O)O)C(C)(C)S3)C(=O)N2[C@H]1C(=O)O. The summed E-state index contributed by atoms with van der Waals surface area (Å²) in [6.45, 7) is 7.01. The third kappa shape index (κ3) is 3.25. The van der Waals surface area contributed by atoms with Gasteiger partial charge < -0.3 is 26.2 Å². The molecule has 0 spiro atoms. The predicted molar refractivity (Wildman–Crippen MR) is 104 cm³/mol. The van der Waals surface area contributed by atoms with Crippen LogP contribution < -0.4 is 16.4 Å². The van der Waals surface area contributed by atoms with Gasteiger partial charge in [-0.25, -0.2) is 4.79 Å². The quantitative estimate of drug-likeness (QED) is 0.335. The number of carbonyl (C=O) groups excluding carboxylic acids is 2. The van der Waals surface area contributed by atoms with Gasteiger partial charge in [-0.05, 0) is 27.7 Å². The molecular formula is C16H24N4O6S2. The molecule has 28 heavy (non-hydrogen) atoms. The smallest absolute Gasteiger partial charge is 0.327 e. The molecule has 0 aromatic rings. The second-order valence-corrected chi connectivity index (χ2v) is 11.8. The van der Waals surface area contributed by atoms with Crippen LogP contribution >= 0.6 is 23.5 Å². The van der Waals surface area contributed by atoms with E-state index in [0.717, 1.165) is 0 Å². The monoisotopic (exact) mass is 432 g/mol. The molecule has 156 valence electrons. The first-order valence-corrected chi connectivity index (χ1v) is 10.5. The van der Waals surface area contributed by atoms with Gasteiger partial charge >= 0.3 is 11.9 Å². The lowest BCUT2D eigenvalue weighted by Crippen LogP contribution is -2.72. The number of amides is 2. The number of fused-ring (bicyclic) bond motifs is 1. The molecule has 0 aliphatic carbocycles. The van der Waals surface area contributed by atoms with Gasteiger partial charge in [-0.1, -0.05) is 0 Å². The maximum atomic E-state index is 12.6. The number of hydrogen-bond acceptors (Lipinski definition) is 8. The Labute approximate surface area is 170 Å². The summed E-state index contributed by atoms with van der Waals surface area (Å²) < 4.78 is -1.34. The van der Waals surface area contributed by atoms with Gasteiger partial charge in [0.2, 0.25) is 11.8 Å². The molecule has 2 amide bonds. The van der Waals surface area contributed by atoms with E-state index in [4.69, 9.17) is 5.73 Å². The number of nitrogens with two attached hydrogens (primary N) is 1. The fraction of sp³-hybridized carbons (Fsp3) is 0.750. The number of carboxylic acid groups (broad SMARTS) is 2. The first-order chi connectivity index (χ1) is 12.8. The highest BCUT2D eigenvalue weighted by Gasteiger charge is 2.64. The van der Waals surface area contributed by atoms with Crippen molar-refractivity contribution < 1.29 is 29.4 Å². The number of rotatable bonds is 5. The van der Waals surface area contributed by atoms with E-state index in [1.54, 1.807) is 27.7 Å². The highest BCUT2D eigenvalue weighted by Crippen LogP contribution is 2.50. The number of aliphatic carboxylic acids is 2. The number of β-lactam (4-membered cyclic amide) rings is 1. The maximum Gasteiger partial charge on any atom is 0.327 e. The first-order valence-electron chi connectivity index (χ1n) is 8.73. The van der Waals surface area contributed by atoms with Crippen molar-refractivity contribution in [3.8, 4) is 0 Å². The Morgan fingerprint density at radius 2 is 1.75 bits per heavy atom. The van der Waals surface area contributed by atoms with Crippen molar-refractivity contribution in [3.63, 3.8) is 0 Å². The largest absolute Gasteiger partial charge is 0.480 e. The highest BCUT2D eigenvalue weighted by atomic mass is 32.2. The minimum absolute atomic E-state index is 0.452. The molecule has 0 radical (unpaired) electrons. The highest BCUT2D eigenvalue weighted by molar-refractivity contribution is 8.02. The fourth-order valence-electron chi connectivity index (χ4n) is 3.87. The van der Waals surface area contributed by atoms with E-state index in [2.05, 4.69) is 10.6 Å². The van der Waals surface area contributed by atoms with Gasteiger partial charge in [-0.15, -0.1) is 23.5 Å². The zero-order valence-electron chi connectivity index (χ0n) is 15.8. The Morgan fingerprint density at radius 3 is 2.25 bits per heavy atom. The first kappa shape index (κ1) is 21.2. The summed E-state index contributed by atoms with van der Waals surface area (Å²) in [5, 5.41) is 23.1. The number of carboxylic acids is 2. The second kappa shape index (κ2) is 6.78. The van der Waals surface area contributed by atoms with Crippen molar-refractivity contribution in [1.29, 1.82) is 0 Å². The van der Waals surface area contributed by atoms with E-state index in [1.165, 1.54) is 28.4 Å². The minimum Gasteiger partial charge on any atom is -0.480 e. The zero-order valence-corrected chi connectivity index (χ0v) is 17.5. The molecule has 3 heterocycles. The number of nitrogens with zero attached hydrogens (tertiary/aromatic N) is 1. The van der Waals surface area contributed by atoms with Crippen LogP contribution in [0.4, 0.5) is 0 Å². The standard InChI is InChI=1S/C16H24N4O6S2/c1-15(2)7(13(23)24)19-10(27-15)5(17)9(21)18-6-11(22)20-8(14(25)26)16(3,4)28-12(6)20/h5-8,10,12,19H,17H2,1-4H3,(H,18,21)(H,23,24)(H,25,26)/t5-,6-,7+,8+,10-,12-/m1/s1. The topological polar surface area (TPSA) is 162 Å². The molecule has 0 aromatic heterocycles. The molecule has 0 unspecified atom stereocenters. The Balaban J connectivity index is 1.66. The molecule has 3 aliphatic rings. The van der Waals surface area contributed by atoms with Crippen molar-refractivity contribution in [2.75, 3.05) is 0 Å². The number of hydrogen-bond donors (Lipinski definition) is 5. The number of carbonyl (C=O) groups is 4. The summed E-state index contributed by atoms with van der Waals surface area (Å²) in [6.07, 6.45) is 0. The summed E-state index contributed by atoms with van der Waals surface area (Å²) in [5.41, 5.74) is 6.03. The lowest BCUT2D eigenvalue weighted by atomic mass is 9.96. The summed E-state index contributed by atoms with van der Waals surface area (Å²) in [7, 11) is 0. The second-order valence-electron chi connectivity index (χ2n) is 8.19. The average Bonchev–Trinajstić information content (AvgIpc) is 3.02. The van der Waals surface area contributed by atoms with Crippen LogP contribution in [0, 0.1) is 0 Å². The third-order valence-electron chi connectivity index (χ3n) is 5.31. The Morgan fingerprint density at radius 1 is 1.14 bits per heavy atom. The summed E-state index contributed by atoms with van der Waals surface area (Å²) in [5.74, 6) is -3.14. The normalized spacial score (nSPS) is 36.4. The van der Waals surface area contributed by atoms with E-state index in [-0.39, 0.29) is 0 Å². The summed E-state index contributed by atoms with van der Waals surface area (Å²) >= 11 is 2.59. The van der Waals surface area contributed by atoms with Crippen LogP contribution in [0.25, 0.3) is 0 Å². The molecule has 10 nitrogen and oxygen atoms in total. The van der Waals surface area contributed by atoms with Gasteiger partial charge in [0.1, 0.15) is 29.5 Å². The van der Waals surface area contributed by atoms with Gasteiger partial charge in [0.15, 0.2) is 0 Å². The van der Waals surface area contributed by atoms with Crippen LogP contribution in [0.1, 0.15) is 27.7 Å². The van der Waals surface area contributed by atoms with Gasteiger partial charge in [0, 0.05) is 9.49 Å². The van der Waals surface area contributed by atoms with E-state index in [9.17, 15) is 29.4 Å². The lowest BCUT2D eigenvalue weighted by Gasteiger charge is -2.44. The van der Waals surface area contributed by atoms with E-state index in [0.29, 0.717) is 0 Å². The number of thioether (sulfide) groups is 2. The van der Waals surface area contributed by atoms with Crippen LogP contribution in [-0.4, -0.2) is 83.3 Å². The molecule has 6 N–H and O–H groups in total. The van der Waals surface area contributed by atoms with E-state index in [1.807, 2.05) is 0 Å². The van der Waals surface area contributed by atoms with Gasteiger partial charge in [0.05, 0.1) is 5.37 Å². The molecule has 3 saturated heterocycles. The molecular weight excluding hydrogens is 408 g/mol. The van der Waals surface area contributed by atoms with Gasteiger partial charge in [-0.2, -0.15) is 0 Å². The van der Waals surface area contributed by atoms with Crippen molar-refractivity contribution in [2.24, 2.45) is 5.73 Å². The molecule has 12 heteroatoms. The Hall–Kier alpha value is -1.50. The lowest BCUT2D eigenvalue weighted by molar-refractivity contribution is -0.161.